The molecule has 0 aliphatic carbocycles. The lowest BCUT2D eigenvalue weighted by Gasteiger charge is -2.21. The van der Waals surface area contributed by atoms with Crippen LogP contribution in [0.4, 0.5) is 0 Å². The maximum atomic E-state index is 2.37. The normalized spacial score (nSPS) is 11.8. The van der Waals surface area contributed by atoms with Gasteiger partial charge in [0, 0.05) is 0 Å². The van der Waals surface area contributed by atoms with Crippen molar-refractivity contribution < 1.29 is 0 Å². The van der Waals surface area contributed by atoms with Crippen LogP contribution in [-0.4, -0.2) is 26.7 Å². The molecule has 2 heteroatoms. The topological polar surface area (TPSA) is 0 Å². The van der Waals surface area contributed by atoms with Crippen molar-refractivity contribution in [3.8, 4) is 0 Å². The zero-order valence-corrected chi connectivity index (χ0v) is 18.3. The van der Waals surface area contributed by atoms with E-state index in [1.165, 1.54) is 32.7 Å². The van der Waals surface area contributed by atoms with Crippen molar-refractivity contribution in [3.05, 3.63) is 83.9 Å². The molecule has 0 aliphatic heterocycles. The van der Waals surface area contributed by atoms with Crippen LogP contribution in [0.2, 0.25) is 0 Å². The predicted octanol–water partition coefficient (Wildman–Crippen LogP) is 6.32. The maximum absolute atomic E-state index is 2.37. The molecule has 0 atom stereocenters. The first-order chi connectivity index (χ1) is 13.1. The van der Waals surface area contributed by atoms with Crippen molar-refractivity contribution in [2.45, 2.75) is 6.42 Å². The zero-order valence-electron chi connectivity index (χ0n) is 16.5. The molecule has 4 aromatic carbocycles. The van der Waals surface area contributed by atoms with E-state index in [9.17, 15) is 0 Å². The molecule has 0 aliphatic rings. The fraction of sp³-hybridized carbons (Fsp3) is 0.200. The molecular formula is C25H26P2. The number of fused-ring (bicyclic) bond motifs is 2. The van der Waals surface area contributed by atoms with Gasteiger partial charge in [0.15, 0.2) is 0 Å². The van der Waals surface area contributed by atoms with Crippen molar-refractivity contribution in [2.75, 3.05) is 26.7 Å². The first-order valence-electron chi connectivity index (χ1n) is 9.42. The van der Waals surface area contributed by atoms with E-state index < -0.39 is 0 Å². The van der Waals surface area contributed by atoms with Gasteiger partial charge in [-0.25, -0.2) is 0 Å². The standard InChI is InChI=1S/C25H26P2/c1-26(2)24-15-13-18-9-5-7-11-20(18)22(24)17-23-21-12-8-6-10-19(21)14-16-25(23)27(3)4/h5-16H,17H2,1-4H3. The summed E-state index contributed by atoms with van der Waals surface area (Å²) in [4.78, 5) is 0. The smallest absolute Gasteiger partial charge is 0.0000774 e. The molecule has 0 aromatic heterocycles. The number of benzene rings is 4. The summed E-state index contributed by atoms with van der Waals surface area (Å²) < 4.78 is 0. The molecule has 0 amide bonds. The van der Waals surface area contributed by atoms with Crippen molar-refractivity contribution in [1.82, 2.24) is 0 Å². The molecule has 4 aromatic rings. The lowest BCUT2D eigenvalue weighted by Crippen LogP contribution is -2.15. The van der Waals surface area contributed by atoms with Crippen LogP contribution in [0.25, 0.3) is 21.5 Å². The van der Waals surface area contributed by atoms with E-state index in [1.54, 1.807) is 10.6 Å². The van der Waals surface area contributed by atoms with E-state index in [0.717, 1.165) is 6.42 Å². The van der Waals surface area contributed by atoms with Crippen LogP contribution in [0.1, 0.15) is 11.1 Å². The highest BCUT2D eigenvalue weighted by atomic mass is 31.1. The van der Waals surface area contributed by atoms with Crippen LogP contribution in [0.5, 0.6) is 0 Å². The van der Waals surface area contributed by atoms with E-state index in [0.29, 0.717) is 0 Å². The third kappa shape index (κ3) is 3.54. The monoisotopic (exact) mass is 388 g/mol. The predicted molar refractivity (Wildman–Crippen MR) is 128 cm³/mol. The zero-order chi connectivity index (χ0) is 19.0. The van der Waals surface area contributed by atoms with Gasteiger partial charge in [-0.3, -0.25) is 0 Å². The first kappa shape index (κ1) is 18.6. The Bertz CT molecular complexity index is 1020. The second kappa shape index (κ2) is 7.71. The van der Waals surface area contributed by atoms with Gasteiger partial charge < -0.3 is 0 Å². The van der Waals surface area contributed by atoms with Crippen molar-refractivity contribution >= 4 is 48.0 Å². The highest BCUT2D eigenvalue weighted by Gasteiger charge is 2.16. The summed E-state index contributed by atoms with van der Waals surface area (Å²) in [6, 6.07) is 27.1. The van der Waals surface area contributed by atoms with Gasteiger partial charge in [-0.05, 0) is 76.4 Å². The molecular weight excluding hydrogens is 362 g/mol. The van der Waals surface area contributed by atoms with Crippen molar-refractivity contribution in [2.24, 2.45) is 0 Å². The van der Waals surface area contributed by atoms with Crippen molar-refractivity contribution in [3.63, 3.8) is 0 Å². The highest BCUT2D eigenvalue weighted by Crippen LogP contribution is 2.35. The Kier molecular flexibility index (Phi) is 5.32. The largest absolute Gasteiger partial charge is 0.0814 e. The molecule has 0 N–H and O–H groups in total. The SMILES string of the molecule is CP(C)c1ccc2ccccc2c1Cc1c(P(C)C)ccc2ccccc12. The average Bonchev–Trinajstić information content (AvgIpc) is 2.68. The Hall–Kier alpha value is -1.74. The molecule has 0 spiro atoms. The summed E-state index contributed by atoms with van der Waals surface area (Å²) in [5, 5.41) is 8.62. The van der Waals surface area contributed by atoms with E-state index in [2.05, 4.69) is 99.5 Å². The maximum Gasteiger partial charge on any atom is -0.0000774 e. The third-order valence-electron chi connectivity index (χ3n) is 5.35. The number of hydrogen-bond acceptors (Lipinski definition) is 0. The van der Waals surface area contributed by atoms with Gasteiger partial charge >= 0.3 is 0 Å². The summed E-state index contributed by atoms with van der Waals surface area (Å²) >= 11 is 0. The van der Waals surface area contributed by atoms with Crippen LogP contribution < -0.4 is 10.6 Å². The highest BCUT2D eigenvalue weighted by molar-refractivity contribution is 7.64. The van der Waals surface area contributed by atoms with Gasteiger partial charge in [0.25, 0.3) is 0 Å². The summed E-state index contributed by atoms with van der Waals surface area (Å²) in [5.74, 6) is 0. The van der Waals surface area contributed by atoms with Crippen LogP contribution in [-0.2, 0) is 6.42 Å². The molecule has 136 valence electrons. The van der Waals surface area contributed by atoms with E-state index in [4.69, 9.17) is 0 Å². The number of rotatable bonds is 4. The minimum absolute atomic E-state index is 0.149. The molecule has 27 heavy (non-hydrogen) atoms. The van der Waals surface area contributed by atoms with E-state index in [-0.39, 0.29) is 15.8 Å². The summed E-state index contributed by atoms with van der Waals surface area (Å²) in [5.41, 5.74) is 3.05. The average molecular weight is 388 g/mol. The Morgan fingerprint density at radius 3 is 1.33 bits per heavy atom. The second-order valence-electron chi connectivity index (χ2n) is 7.53. The summed E-state index contributed by atoms with van der Waals surface area (Å²) in [6.45, 7) is 9.50. The van der Waals surface area contributed by atoms with E-state index in [1.807, 2.05) is 0 Å². The minimum Gasteiger partial charge on any atom is -0.0814 e. The van der Waals surface area contributed by atoms with Gasteiger partial charge in [0.1, 0.15) is 0 Å². The van der Waals surface area contributed by atoms with Gasteiger partial charge in [0.2, 0.25) is 0 Å². The van der Waals surface area contributed by atoms with Crippen LogP contribution in [0.15, 0.2) is 72.8 Å². The molecule has 0 saturated carbocycles. The fourth-order valence-electron chi connectivity index (χ4n) is 4.04. The summed E-state index contributed by atoms with van der Waals surface area (Å²) in [6.07, 6.45) is 1.02. The van der Waals surface area contributed by atoms with E-state index >= 15 is 0 Å². The quantitative estimate of drug-likeness (QED) is 0.359. The van der Waals surface area contributed by atoms with Crippen molar-refractivity contribution in [1.29, 1.82) is 0 Å². The Morgan fingerprint density at radius 2 is 0.926 bits per heavy atom. The Balaban J connectivity index is 2.00. The first-order valence-corrected chi connectivity index (χ1v) is 13.9. The molecule has 4 rings (SSSR count). The molecule has 0 nitrogen and oxygen atoms in total. The third-order valence-corrected chi connectivity index (χ3v) is 8.11. The molecule has 0 bridgehead atoms. The van der Waals surface area contributed by atoms with Gasteiger partial charge in [-0.1, -0.05) is 88.6 Å². The fourth-order valence-corrected chi connectivity index (χ4v) is 6.26. The summed E-state index contributed by atoms with van der Waals surface area (Å²) in [7, 11) is -0.297. The molecule has 0 heterocycles. The molecule has 0 unspecified atom stereocenters. The lowest BCUT2D eigenvalue weighted by molar-refractivity contribution is 1.27. The number of hydrogen-bond donors (Lipinski definition) is 0. The molecule has 0 fully saturated rings. The van der Waals surface area contributed by atoms with Crippen LogP contribution >= 0.6 is 15.8 Å². The van der Waals surface area contributed by atoms with Gasteiger partial charge in [-0.15, -0.1) is 0 Å². The van der Waals surface area contributed by atoms with Crippen LogP contribution in [0.3, 0.4) is 0 Å². The van der Waals surface area contributed by atoms with Crippen LogP contribution in [0, 0.1) is 0 Å². The molecule has 0 radical (unpaired) electrons. The minimum atomic E-state index is -0.149. The second-order valence-corrected chi connectivity index (χ2v) is 12.1. The molecule has 0 saturated heterocycles. The Labute approximate surface area is 165 Å². The lowest BCUT2D eigenvalue weighted by atomic mass is 9.95. The van der Waals surface area contributed by atoms with Gasteiger partial charge in [-0.2, -0.15) is 0 Å². The Morgan fingerprint density at radius 1 is 0.519 bits per heavy atom. The van der Waals surface area contributed by atoms with Gasteiger partial charge in [0.05, 0.1) is 0 Å².